The summed E-state index contributed by atoms with van der Waals surface area (Å²) in [6.45, 7) is 2.52. The van der Waals surface area contributed by atoms with Crippen LogP contribution in [0.15, 0.2) is 90.2 Å². The van der Waals surface area contributed by atoms with Crippen LogP contribution in [0.3, 0.4) is 0 Å². The molecule has 2 amide bonds. The van der Waals surface area contributed by atoms with Crippen molar-refractivity contribution in [2.45, 2.75) is 13.3 Å². The van der Waals surface area contributed by atoms with Crippen LogP contribution >= 0.6 is 22.6 Å². The smallest absolute Gasteiger partial charge is 0.259 e. The van der Waals surface area contributed by atoms with E-state index in [1.165, 1.54) is 0 Å². The van der Waals surface area contributed by atoms with Crippen molar-refractivity contribution in [3.05, 3.63) is 99.8 Å². The molecular formula is C28H26IN5O3. The number of hydrogen-bond acceptors (Lipinski definition) is 5. The Morgan fingerprint density at radius 2 is 1.76 bits per heavy atom. The van der Waals surface area contributed by atoms with Crippen LogP contribution in [0.1, 0.15) is 29.3 Å². The summed E-state index contributed by atoms with van der Waals surface area (Å²) in [4.78, 5) is 24.6. The monoisotopic (exact) mass is 607 g/mol. The minimum Gasteiger partial charge on any atom is -0.494 e. The molecule has 188 valence electrons. The van der Waals surface area contributed by atoms with E-state index in [4.69, 9.17) is 9.84 Å². The van der Waals surface area contributed by atoms with E-state index in [1.54, 1.807) is 23.0 Å². The first kappa shape index (κ1) is 26.1. The Balaban J connectivity index is 1.47. The van der Waals surface area contributed by atoms with E-state index < -0.39 is 5.91 Å². The number of nitrogens with one attached hydrogen (secondary N) is 2. The van der Waals surface area contributed by atoms with E-state index in [2.05, 4.69) is 45.4 Å². The molecule has 37 heavy (non-hydrogen) atoms. The number of nitrogens with zero attached hydrogens (tertiary/aromatic N) is 3. The molecule has 0 saturated carbocycles. The number of hydrazone groups is 1. The number of ether oxygens (including phenoxy) is 1. The summed E-state index contributed by atoms with van der Waals surface area (Å²) >= 11 is 2.08. The van der Waals surface area contributed by atoms with Crippen molar-refractivity contribution in [2.24, 2.45) is 5.10 Å². The highest BCUT2D eigenvalue weighted by Gasteiger charge is 2.13. The topological polar surface area (TPSA) is 97.6 Å². The minimum atomic E-state index is -0.440. The SMILES string of the molecule is CCCOc1ccc(-c2nn(-c3ccccc3)cc2C=NNC(=O)CNC(=O)c2ccccc2I)cc1. The summed E-state index contributed by atoms with van der Waals surface area (Å²) in [5.74, 6) is 0.0368. The second-order valence-electron chi connectivity index (χ2n) is 8.04. The standard InChI is InChI=1S/C28H26IN5O3/c1-2-16-37-23-14-12-20(13-15-23)27-21(19-34(33-27)22-8-4-3-5-9-22)17-31-32-26(35)18-30-28(36)24-10-6-7-11-25(24)29/h3-15,17,19H,2,16,18H2,1H3,(H,30,36)(H,32,35). The zero-order chi connectivity index (χ0) is 26.0. The molecule has 1 aromatic heterocycles. The van der Waals surface area contributed by atoms with Gasteiger partial charge in [-0.2, -0.15) is 10.2 Å². The van der Waals surface area contributed by atoms with Gasteiger partial charge in [0, 0.05) is 20.9 Å². The quantitative estimate of drug-likeness (QED) is 0.154. The van der Waals surface area contributed by atoms with Crippen molar-refractivity contribution in [3.63, 3.8) is 0 Å². The molecule has 0 unspecified atom stereocenters. The molecule has 2 N–H and O–H groups in total. The third-order valence-electron chi connectivity index (χ3n) is 5.28. The maximum Gasteiger partial charge on any atom is 0.259 e. The molecule has 4 rings (SSSR count). The number of benzene rings is 3. The van der Waals surface area contributed by atoms with Crippen molar-refractivity contribution in [2.75, 3.05) is 13.2 Å². The normalized spacial score (nSPS) is 10.9. The molecule has 1 heterocycles. The second kappa shape index (κ2) is 12.8. The predicted molar refractivity (Wildman–Crippen MR) is 152 cm³/mol. The van der Waals surface area contributed by atoms with Gasteiger partial charge in [0.05, 0.1) is 30.6 Å². The first-order valence-corrected chi connectivity index (χ1v) is 12.9. The highest BCUT2D eigenvalue weighted by Crippen LogP contribution is 2.25. The molecular weight excluding hydrogens is 581 g/mol. The third kappa shape index (κ3) is 7.04. The Labute approximate surface area is 228 Å². The fourth-order valence-corrected chi connectivity index (χ4v) is 4.09. The lowest BCUT2D eigenvalue weighted by Crippen LogP contribution is -2.35. The zero-order valence-electron chi connectivity index (χ0n) is 20.2. The number of rotatable bonds is 10. The van der Waals surface area contributed by atoms with Gasteiger partial charge in [-0.25, -0.2) is 10.1 Å². The van der Waals surface area contributed by atoms with Crippen molar-refractivity contribution in [1.29, 1.82) is 0 Å². The molecule has 0 aliphatic carbocycles. The largest absolute Gasteiger partial charge is 0.494 e. The van der Waals surface area contributed by atoms with Crippen LogP contribution in [0.2, 0.25) is 0 Å². The highest BCUT2D eigenvalue weighted by molar-refractivity contribution is 14.1. The third-order valence-corrected chi connectivity index (χ3v) is 6.23. The number of carbonyl (C=O) groups excluding carboxylic acids is 2. The fraction of sp³-hybridized carbons (Fsp3) is 0.143. The number of amides is 2. The van der Waals surface area contributed by atoms with Crippen LogP contribution in [0, 0.1) is 3.57 Å². The predicted octanol–water partition coefficient (Wildman–Crippen LogP) is 4.81. The zero-order valence-corrected chi connectivity index (χ0v) is 22.4. The van der Waals surface area contributed by atoms with Crippen LogP contribution < -0.4 is 15.5 Å². The van der Waals surface area contributed by atoms with Crippen molar-refractivity contribution < 1.29 is 14.3 Å². The number of hydrogen-bond donors (Lipinski definition) is 2. The second-order valence-corrected chi connectivity index (χ2v) is 9.20. The lowest BCUT2D eigenvalue weighted by Gasteiger charge is -2.06. The van der Waals surface area contributed by atoms with Crippen LogP contribution in [0.5, 0.6) is 5.75 Å². The summed E-state index contributed by atoms with van der Waals surface area (Å²) in [5, 5.41) is 11.5. The van der Waals surface area contributed by atoms with Crippen LogP contribution in [-0.2, 0) is 4.79 Å². The van der Waals surface area contributed by atoms with Gasteiger partial charge < -0.3 is 10.1 Å². The Kier molecular flexibility index (Phi) is 9.03. The van der Waals surface area contributed by atoms with Gasteiger partial charge in [0.25, 0.3) is 11.8 Å². The van der Waals surface area contributed by atoms with E-state index in [-0.39, 0.29) is 12.5 Å². The van der Waals surface area contributed by atoms with Gasteiger partial charge >= 0.3 is 0 Å². The molecule has 0 aliphatic rings. The first-order valence-electron chi connectivity index (χ1n) is 11.8. The van der Waals surface area contributed by atoms with Gasteiger partial charge in [-0.15, -0.1) is 0 Å². The van der Waals surface area contributed by atoms with Crippen LogP contribution in [-0.4, -0.2) is 41.0 Å². The molecule has 0 spiro atoms. The Bertz CT molecular complexity index is 1380. The Morgan fingerprint density at radius 1 is 1.03 bits per heavy atom. The van der Waals surface area contributed by atoms with Gasteiger partial charge in [0.2, 0.25) is 0 Å². The molecule has 0 aliphatic heterocycles. The molecule has 3 aromatic carbocycles. The number of para-hydroxylation sites is 1. The lowest BCUT2D eigenvalue weighted by molar-refractivity contribution is -0.120. The van der Waals surface area contributed by atoms with Gasteiger partial charge in [-0.3, -0.25) is 9.59 Å². The summed E-state index contributed by atoms with van der Waals surface area (Å²) in [6, 6.07) is 24.6. The maximum absolute atomic E-state index is 12.3. The molecule has 4 aromatic rings. The summed E-state index contributed by atoms with van der Waals surface area (Å²) in [6.07, 6.45) is 4.33. The van der Waals surface area contributed by atoms with E-state index >= 15 is 0 Å². The summed E-state index contributed by atoms with van der Waals surface area (Å²) in [7, 11) is 0. The van der Waals surface area contributed by atoms with Gasteiger partial charge in [-0.1, -0.05) is 37.3 Å². The van der Waals surface area contributed by atoms with Crippen molar-refractivity contribution >= 4 is 40.6 Å². The molecule has 0 fully saturated rings. The average Bonchev–Trinajstić information content (AvgIpc) is 3.36. The van der Waals surface area contributed by atoms with Crippen LogP contribution in [0.25, 0.3) is 16.9 Å². The highest BCUT2D eigenvalue weighted by atomic mass is 127. The van der Waals surface area contributed by atoms with Crippen molar-refractivity contribution in [1.82, 2.24) is 20.5 Å². The minimum absolute atomic E-state index is 0.198. The summed E-state index contributed by atoms with van der Waals surface area (Å²) < 4.78 is 8.26. The number of carbonyl (C=O) groups is 2. The average molecular weight is 607 g/mol. The Morgan fingerprint density at radius 3 is 2.49 bits per heavy atom. The molecule has 8 nitrogen and oxygen atoms in total. The van der Waals surface area contributed by atoms with Gasteiger partial charge in [0.15, 0.2) is 0 Å². The lowest BCUT2D eigenvalue weighted by atomic mass is 10.1. The molecule has 0 saturated heterocycles. The van der Waals surface area contributed by atoms with Gasteiger partial charge in [0.1, 0.15) is 11.4 Å². The molecule has 0 bridgehead atoms. The van der Waals surface area contributed by atoms with Crippen LogP contribution in [0.4, 0.5) is 0 Å². The summed E-state index contributed by atoms with van der Waals surface area (Å²) in [5.41, 5.74) is 6.19. The molecule has 0 atom stereocenters. The fourth-order valence-electron chi connectivity index (χ4n) is 3.46. The van der Waals surface area contributed by atoms with E-state index in [1.807, 2.05) is 72.9 Å². The molecule has 9 heteroatoms. The van der Waals surface area contributed by atoms with Gasteiger partial charge in [-0.05, 0) is 77.5 Å². The van der Waals surface area contributed by atoms with E-state index in [9.17, 15) is 9.59 Å². The van der Waals surface area contributed by atoms with E-state index in [0.29, 0.717) is 23.4 Å². The van der Waals surface area contributed by atoms with E-state index in [0.717, 1.165) is 27.0 Å². The number of halogens is 1. The maximum atomic E-state index is 12.3. The molecule has 0 radical (unpaired) electrons. The number of aromatic nitrogens is 2. The first-order chi connectivity index (χ1) is 18.0. The Hall–Kier alpha value is -3.99. The van der Waals surface area contributed by atoms with Crippen molar-refractivity contribution in [3.8, 4) is 22.7 Å².